The summed E-state index contributed by atoms with van der Waals surface area (Å²) in [6.07, 6.45) is 4.78. The molecule has 1 saturated heterocycles. The molecule has 0 aromatic carbocycles. The summed E-state index contributed by atoms with van der Waals surface area (Å²) in [7, 11) is 0. The molecule has 1 N–H and O–H groups in total. The van der Waals surface area contributed by atoms with E-state index in [0.29, 0.717) is 5.92 Å². The Labute approximate surface area is 121 Å². The topological polar surface area (TPSA) is 45.5 Å². The van der Waals surface area contributed by atoms with Crippen LogP contribution in [0.3, 0.4) is 0 Å². The van der Waals surface area contributed by atoms with E-state index in [2.05, 4.69) is 19.2 Å². The van der Waals surface area contributed by atoms with Crippen molar-refractivity contribution in [2.45, 2.75) is 46.1 Å². The lowest BCUT2D eigenvalue weighted by Gasteiger charge is -2.32. The van der Waals surface area contributed by atoms with Gasteiger partial charge in [-0.25, -0.2) is 0 Å². The molecular formula is C16H26N2O2. The molecule has 112 valence electrons. The summed E-state index contributed by atoms with van der Waals surface area (Å²) in [5, 5.41) is 3.42. The van der Waals surface area contributed by atoms with Gasteiger partial charge < -0.3 is 14.6 Å². The van der Waals surface area contributed by atoms with Crippen LogP contribution in [-0.2, 0) is 6.42 Å². The van der Waals surface area contributed by atoms with Gasteiger partial charge in [0.25, 0.3) is 5.91 Å². The second-order valence-corrected chi connectivity index (χ2v) is 5.87. The van der Waals surface area contributed by atoms with Crippen molar-refractivity contribution in [3.8, 4) is 0 Å². The number of nitrogens with one attached hydrogen (secondary N) is 1. The standard InChI is InChI=1S/C16H26N2O2/c1-4-15-14(7-9-20-15)16(19)18(12(2)3)11-13-6-5-8-17-10-13/h7,9,12-13,17H,4-6,8,10-11H2,1-3H3. The Hall–Kier alpha value is -1.29. The maximum atomic E-state index is 12.7. The first-order valence-electron chi connectivity index (χ1n) is 7.71. The van der Waals surface area contributed by atoms with E-state index in [0.717, 1.165) is 37.4 Å². The zero-order valence-corrected chi connectivity index (χ0v) is 12.8. The lowest BCUT2D eigenvalue weighted by atomic mass is 9.98. The van der Waals surface area contributed by atoms with Crippen LogP contribution in [0.5, 0.6) is 0 Å². The maximum Gasteiger partial charge on any atom is 0.257 e. The molecule has 1 aromatic heterocycles. The number of hydrogen-bond acceptors (Lipinski definition) is 3. The minimum atomic E-state index is 0.108. The Morgan fingerprint density at radius 2 is 2.35 bits per heavy atom. The Morgan fingerprint density at radius 3 is 2.95 bits per heavy atom. The van der Waals surface area contributed by atoms with Crippen molar-refractivity contribution in [2.24, 2.45) is 5.92 Å². The highest BCUT2D eigenvalue weighted by molar-refractivity contribution is 5.95. The quantitative estimate of drug-likeness (QED) is 0.900. The fraction of sp³-hybridized carbons (Fsp3) is 0.688. The van der Waals surface area contributed by atoms with Crippen molar-refractivity contribution in [3.05, 3.63) is 23.7 Å². The highest BCUT2D eigenvalue weighted by Crippen LogP contribution is 2.19. The largest absolute Gasteiger partial charge is 0.469 e. The van der Waals surface area contributed by atoms with E-state index in [-0.39, 0.29) is 11.9 Å². The first-order valence-corrected chi connectivity index (χ1v) is 7.71. The third-order valence-electron chi connectivity index (χ3n) is 4.03. The number of rotatable bonds is 5. The number of piperidine rings is 1. The van der Waals surface area contributed by atoms with Gasteiger partial charge in [-0.15, -0.1) is 0 Å². The van der Waals surface area contributed by atoms with Gasteiger partial charge in [0.15, 0.2) is 0 Å². The van der Waals surface area contributed by atoms with Crippen LogP contribution in [0.25, 0.3) is 0 Å². The van der Waals surface area contributed by atoms with Gasteiger partial charge in [0.2, 0.25) is 0 Å². The zero-order valence-electron chi connectivity index (χ0n) is 12.8. The van der Waals surface area contributed by atoms with E-state index in [1.54, 1.807) is 12.3 Å². The van der Waals surface area contributed by atoms with Crippen LogP contribution in [0.4, 0.5) is 0 Å². The van der Waals surface area contributed by atoms with Crippen molar-refractivity contribution in [1.82, 2.24) is 10.2 Å². The molecule has 1 aliphatic rings. The molecule has 0 bridgehead atoms. The summed E-state index contributed by atoms with van der Waals surface area (Å²) in [6, 6.07) is 2.01. The normalized spacial score (nSPS) is 19.3. The third kappa shape index (κ3) is 3.42. The van der Waals surface area contributed by atoms with Crippen molar-refractivity contribution in [2.75, 3.05) is 19.6 Å². The summed E-state index contributed by atoms with van der Waals surface area (Å²) in [6.45, 7) is 9.13. The summed E-state index contributed by atoms with van der Waals surface area (Å²) in [4.78, 5) is 14.7. The average molecular weight is 278 g/mol. The van der Waals surface area contributed by atoms with E-state index in [9.17, 15) is 4.79 Å². The SMILES string of the molecule is CCc1occc1C(=O)N(CC1CCCNC1)C(C)C. The molecule has 0 radical (unpaired) electrons. The smallest absolute Gasteiger partial charge is 0.257 e. The highest BCUT2D eigenvalue weighted by Gasteiger charge is 2.26. The molecule has 2 rings (SSSR count). The minimum absolute atomic E-state index is 0.108. The Kier molecular flexibility index (Phi) is 5.24. The van der Waals surface area contributed by atoms with Crippen LogP contribution in [0.15, 0.2) is 16.7 Å². The fourth-order valence-corrected chi connectivity index (χ4v) is 2.85. The maximum absolute atomic E-state index is 12.7. The monoisotopic (exact) mass is 278 g/mol. The summed E-state index contributed by atoms with van der Waals surface area (Å²) >= 11 is 0. The van der Waals surface area contributed by atoms with Crippen LogP contribution in [-0.4, -0.2) is 36.5 Å². The molecule has 0 saturated carbocycles. The third-order valence-corrected chi connectivity index (χ3v) is 4.03. The fourth-order valence-electron chi connectivity index (χ4n) is 2.85. The lowest BCUT2D eigenvalue weighted by Crippen LogP contribution is -2.44. The molecule has 1 aromatic rings. The molecule has 1 fully saturated rings. The van der Waals surface area contributed by atoms with E-state index < -0.39 is 0 Å². The number of carbonyl (C=O) groups excluding carboxylic acids is 1. The second-order valence-electron chi connectivity index (χ2n) is 5.87. The number of furan rings is 1. The van der Waals surface area contributed by atoms with E-state index >= 15 is 0 Å². The van der Waals surface area contributed by atoms with E-state index in [1.807, 2.05) is 11.8 Å². The highest BCUT2D eigenvalue weighted by atomic mass is 16.3. The Morgan fingerprint density at radius 1 is 1.55 bits per heavy atom. The molecule has 20 heavy (non-hydrogen) atoms. The minimum Gasteiger partial charge on any atom is -0.469 e. The van der Waals surface area contributed by atoms with Crippen molar-refractivity contribution < 1.29 is 9.21 Å². The average Bonchev–Trinajstić information content (AvgIpc) is 2.93. The number of aryl methyl sites for hydroxylation is 1. The van der Waals surface area contributed by atoms with Crippen molar-refractivity contribution >= 4 is 5.91 Å². The molecule has 1 amide bonds. The van der Waals surface area contributed by atoms with Crippen LogP contribution >= 0.6 is 0 Å². The van der Waals surface area contributed by atoms with Crippen molar-refractivity contribution in [1.29, 1.82) is 0 Å². The molecule has 4 nitrogen and oxygen atoms in total. The van der Waals surface area contributed by atoms with Gasteiger partial charge in [0.1, 0.15) is 5.76 Å². The number of carbonyl (C=O) groups is 1. The summed E-state index contributed by atoms with van der Waals surface area (Å²) in [5.74, 6) is 1.46. The van der Waals surface area contributed by atoms with Crippen LogP contribution in [0.2, 0.25) is 0 Å². The van der Waals surface area contributed by atoms with Gasteiger partial charge in [-0.3, -0.25) is 4.79 Å². The lowest BCUT2D eigenvalue weighted by molar-refractivity contribution is 0.0658. The Bertz CT molecular complexity index is 433. The summed E-state index contributed by atoms with van der Waals surface area (Å²) < 4.78 is 5.39. The van der Waals surface area contributed by atoms with Gasteiger partial charge in [-0.2, -0.15) is 0 Å². The first kappa shape index (κ1) is 15.1. The number of hydrogen-bond donors (Lipinski definition) is 1. The molecule has 1 aliphatic heterocycles. The van der Waals surface area contributed by atoms with E-state index in [1.165, 1.54) is 12.8 Å². The molecule has 0 aliphatic carbocycles. The predicted octanol–water partition coefficient (Wildman–Crippen LogP) is 2.69. The number of nitrogens with zero attached hydrogens (tertiary/aromatic N) is 1. The predicted molar refractivity (Wildman–Crippen MR) is 79.9 cm³/mol. The second kappa shape index (κ2) is 6.93. The van der Waals surface area contributed by atoms with Gasteiger partial charge in [-0.1, -0.05) is 6.92 Å². The zero-order chi connectivity index (χ0) is 14.5. The summed E-state index contributed by atoms with van der Waals surface area (Å²) in [5.41, 5.74) is 0.727. The van der Waals surface area contributed by atoms with Gasteiger partial charge in [-0.05, 0) is 51.8 Å². The molecule has 0 spiro atoms. The molecule has 2 heterocycles. The van der Waals surface area contributed by atoms with Crippen LogP contribution in [0.1, 0.15) is 49.7 Å². The van der Waals surface area contributed by atoms with E-state index in [4.69, 9.17) is 4.42 Å². The molecular weight excluding hydrogens is 252 g/mol. The first-order chi connectivity index (χ1) is 9.63. The van der Waals surface area contributed by atoms with Crippen molar-refractivity contribution in [3.63, 3.8) is 0 Å². The van der Waals surface area contributed by atoms with Gasteiger partial charge in [0, 0.05) is 19.0 Å². The molecule has 1 atom stereocenters. The van der Waals surface area contributed by atoms with Crippen LogP contribution < -0.4 is 5.32 Å². The Balaban J connectivity index is 2.09. The van der Waals surface area contributed by atoms with Gasteiger partial charge in [0.05, 0.1) is 11.8 Å². The molecule has 4 heteroatoms. The number of amides is 1. The molecule has 1 unspecified atom stereocenters. The van der Waals surface area contributed by atoms with Gasteiger partial charge >= 0.3 is 0 Å². The van der Waals surface area contributed by atoms with Crippen LogP contribution in [0, 0.1) is 5.92 Å².